The van der Waals surface area contributed by atoms with Crippen molar-refractivity contribution in [2.45, 2.75) is 12.0 Å². The maximum Gasteiger partial charge on any atom is 0.329 e. The van der Waals surface area contributed by atoms with E-state index in [1.165, 1.54) is 7.11 Å². The van der Waals surface area contributed by atoms with Gasteiger partial charge in [0, 0.05) is 23.9 Å². The number of aromatic nitrogens is 1. The fourth-order valence-corrected chi connectivity index (χ4v) is 3.69. The number of pyridine rings is 1. The summed E-state index contributed by atoms with van der Waals surface area (Å²) in [4.78, 5) is 29.3. The molecule has 1 heterocycles. The van der Waals surface area contributed by atoms with Crippen molar-refractivity contribution in [2.24, 2.45) is 0 Å². The third-order valence-electron chi connectivity index (χ3n) is 4.90. The van der Waals surface area contributed by atoms with Crippen LogP contribution in [0.15, 0.2) is 73.1 Å². The largest absolute Gasteiger partial charge is 0.467 e. The molecule has 5 heteroatoms. The SMILES string of the molecule is COC(=O)[C@H](NC(=O)c1ccncc1)C1c2ccccc2-c2ccccc21. The van der Waals surface area contributed by atoms with E-state index in [-0.39, 0.29) is 11.8 Å². The normalized spacial score (nSPS) is 13.4. The minimum absolute atomic E-state index is 0.310. The van der Waals surface area contributed by atoms with Crippen molar-refractivity contribution in [3.05, 3.63) is 89.7 Å². The van der Waals surface area contributed by atoms with Gasteiger partial charge in [0.05, 0.1) is 7.11 Å². The van der Waals surface area contributed by atoms with E-state index in [9.17, 15) is 9.59 Å². The van der Waals surface area contributed by atoms with Crippen LogP contribution in [-0.4, -0.2) is 30.0 Å². The van der Waals surface area contributed by atoms with Crippen LogP contribution in [0, 0.1) is 0 Å². The van der Waals surface area contributed by atoms with Crippen LogP contribution in [0.2, 0.25) is 0 Å². The Kier molecular flexibility index (Phi) is 4.42. The van der Waals surface area contributed by atoms with E-state index in [0.717, 1.165) is 22.3 Å². The number of methoxy groups -OCH3 is 1. The van der Waals surface area contributed by atoms with Crippen molar-refractivity contribution in [1.82, 2.24) is 10.3 Å². The molecular formula is C22H18N2O3. The van der Waals surface area contributed by atoms with Crippen LogP contribution in [0.4, 0.5) is 0 Å². The average molecular weight is 358 g/mol. The van der Waals surface area contributed by atoms with Crippen molar-refractivity contribution < 1.29 is 14.3 Å². The third-order valence-corrected chi connectivity index (χ3v) is 4.90. The topological polar surface area (TPSA) is 68.3 Å². The number of carbonyl (C=O) groups is 2. The zero-order valence-electron chi connectivity index (χ0n) is 14.8. The zero-order valence-corrected chi connectivity index (χ0v) is 14.8. The van der Waals surface area contributed by atoms with E-state index < -0.39 is 12.0 Å². The maximum absolute atomic E-state index is 12.7. The van der Waals surface area contributed by atoms with Crippen LogP contribution in [0.5, 0.6) is 0 Å². The molecule has 3 aromatic rings. The first-order valence-corrected chi connectivity index (χ1v) is 8.67. The second-order valence-electron chi connectivity index (χ2n) is 6.36. The molecule has 4 rings (SSSR count). The van der Waals surface area contributed by atoms with Gasteiger partial charge in [-0.2, -0.15) is 0 Å². The Bertz CT molecular complexity index is 956. The van der Waals surface area contributed by atoms with Gasteiger partial charge >= 0.3 is 5.97 Å². The first kappa shape index (κ1) is 17.0. The lowest BCUT2D eigenvalue weighted by atomic mass is 9.89. The van der Waals surface area contributed by atoms with Crippen LogP contribution < -0.4 is 5.32 Å². The maximum atomic E-state index is 12.7. The molecule has 0 radical (unpaired) electrons. The van der Waals surface area contributed by atoms with Gasteiger partial charge in [0.2, 0.25) is 0 Å². The summed E-state index contributed by atoms with van der Waals surface area (Å²) >= 11 is 0. The Morgan fingerprint density at radius 3 is 2.04 bits per heavy atom. The van der Waals surface area contributed by atoms with Crippen molar-refractivity contribution in [2.75, 3.05) is 7.11 Å². The smallest absolute Gasteiger partial charge is 0.329 e. The first-order chi connectivity index (χ1) is 13.2. The molecule has 1 aromatic heterocycles. The summed E-state index contributed by atoms with van der Waals surface area (Å²) < 4.78 is 5.03. The Balaban J connectivity index is 1.77. The van der Waals surface area contributed by atoms with E-state index in [4.69, 9.17) is 4.74 Å². The molecule has 0 fully saturated rings. The van der Waals surface area contributed by atoms with Gasteiger partial charge in [0.1, 0.15) is 6.04 Å². The minimum atomic E-state index is -0.833. The number of ether oxygens (including phenoxy) is 1. The molecule has 0 unspecified atom stereocenters. The highest BCUT2D eigenvalue weighted by atomic mass is 16.5. The Morgan fingerprint density at radius 1 is 0.926 bits per heavy atom. The summed E-state index contributed by atoms with van der Waals surface area (Å²) in [6, 6.07) is 18.3. The molecule has 0 aliphatic heterocycles. The van der Waals surface area contributed by atoms with Gasteiger partial charge in [-0.05, 0) is 34.4 Å². The van der Waals surface area contributed by atoms with E-state index in [2.05, 4.69) is 10.3 Å². The van der Waals surface area contributed by atoms with E-state index >= 15 is 0 Å². The summed E-state index contributed by atoms with van der Waals surface area (Å²) in [7, 11) is 1.33. The summed E-state index contributed by atoms with van der Waals surface area (Å²) in [6.45, 7) is 0. The Labute approximate surface area is 157 Å². The standard InChI is InChI=1S/C22H18N2O3/c1-27-22(26)20(24-21(25)14-10-12-23-13-11-14)19-17-8-4-2-6-15(17)16-7-3-5-9-18(16)19/h2-13,19-20H,1H3,(H,24,25)/t20-/m1/s1. The fourth-order valence-electron chi connectivity index (χ4n) is 3.69. The number of amides is 1. The van der Waals surface area contributed by atoms with Gasteiger partial charge in [-0.25, -0.2) is 4.79 Å². The monoisotopic (exact) mass is 358 g/mol. The van der Waals surface area contributed by atoms with E-state index in [1.807, 2.05) is 48.5 Å². The van der Waals surface area contributed by atoms with Gasteiger partial charge < -0.3 is 10.1 Å². The molecule has 0 bridgehead atoms. The summed E-state index contributed by atoms with van der Waals surface area (Å²) in [6.07, 6.45) is 3.09. The number of nitrogens with one attached hydrogen (secondary N) is 1. The number of benzene rings is 2. The molecule has 0 saturated carbocycles. The number of carbonyl (C=O) groups excluding carboxylic acids is 2. The van der Waals surface area contributed by atoms with Crippen LogP contribution in [-0.2, 0) is 9.53 Å². The average Bonchev–Trinajstić information content (AvgIpc) is 3.06. The van der Waals surface area contributed by atoms with Gasteiger partial charge in [-0.15, -0.1) is 0 Å². The zero-order chi connectivity index (χ0) is 18.8. The van der Waals surface area contributed by atoms with E-state index in [1.54, 1.807) is 24.5 Å². The lowest BCUT2D eigenvalue weighted by molar-refractivity contribution is -0.143. The van der Waals surface area contributed by atoms with Crippen molar-refractivity contribution in [3.63, 3.8) is 0 Å². The summed E-state index contributed by atoms with van der Waals surface area (Å²) in [5, 5.41) is 2.87. The third kappa shape index (κ3) is 2.97. The van der Waals surface area contributed by atoms with Gasteiger partial charge in [-0.3, -0.25) is 9.78 Å². The Morgan fingerprint density at radius 2 is 1.48 bits per heavy atom. The molecule has 5 nitrogen and oxygen atoms in total. The van der Waals surface area contributed by atoms with Crippen LogP contribution in [0.1, 0.15) is 27.4 Å². The molecule has 1 aliphatic carbocycles. The second kappa shape index (κ2) is 7.03. The van der Waals surface area contributed by atoms with Gasteiger partial charge in [0.15, 0.2) is 0 Å². The fraction of sp³-hybridized carbons (Fsp3) is 0.136. The van der Waals surface area contributed by atoms with Crippen LogP contribution in [0.25, 0.3) is 11.1 Å². The molecule has 2 aromatic carbocycles. The lowest BCUT2D eigenvalue weighted by Gasteiger charge is -2.24. The summed E-state index contributed by atoms with van der Waals surface area (Å²) in [5.41, 5.74) is 4.60. The molecule has 27 heavy (non-hydrogen) atoms. The highest BCUT2D eigenvalue weighted by Gasteiger charge is 2.39. The molecule has 1 N–H and O–H groups in total. The molecule has 0 spiro atoms. The summed E-state index contributed by atoms with van der Waals surface area (Å²) in [5.74, 6) is -1.13. The first-order valence-electron chi connectivity index (χ1n) is 8.67. The van der Waals surface area contributed by atoms with E-state index in [0.29, 0.717) is 5.56 Å². The number of hydrogen-bond donors (Lipinski definition) is 1. The number of nitrogens with zero attached hydrogens (tertiary/aromatic N) is 1. The predicted octanol–water partition coefficient (Wildman–Crippen LogP) is 3.17. The van der Waals surface area contributed by atoms with Crippen molar-refractivity contribution in [3.8, 4) is 11.1 Å². The van der Waals surface area contributed by atoms with Crippen molar-refractivity contribution in [1.29, 1.82) is 0 Å². The lowest BCUT2D eigenvalue weighted by Crippen LogP contribution is -2.45. The number of rotatable bonds is 4. The Hall–Kier alpha value is -3.47. The predicted molar refractivity (Wildman–Crippen MR) is 101 cm³/mol. The molecular weight excluding hydrogens is 340 g/mol. The highest BCUT2D eigenvalue weighted by Crippen LogP contribution is 2.46. The highest BCUT2D eigenvalue weighted by molar-refractivity contribution is 5.97. The van der Waals surface area contributed by atoms with Crippen LogP contribution in [0.3, 0.4) is 0 Å². The minimum Gasteiger partial charge on any atom is -0.467 e. The molecule has 1 aliphatic rings. The molecule has 1 amide bonds. The molecule has 134 valence electrons. The second-order valence-corrected chi connectivity index (χ2v) is 6.36. The van der Waals surface area contributed by atoms with Crippen LogP contribution >= 0.6 is 0 Å². The van der Waals surface area contributed by atoms with Crippen molar-refractivity contribution >= 4 is 11.9 Å². The quantitative estimate of drug-likeness (QED) is 0.728. The number of esters is 1. The molecule has 0 saturated heterocycles. The van der Waals surface area contributed by atoms with Gasteiger partial charge in [0.25, 0.3) is 5.91 Å². The molecule has 1 atom stereocenters. The van der Waals surface area contributed by atoms with Gasteiger partial charge in [-0.1, -0.05) is 48.5 Å². The number of hydrogen-bond acceptors (Lipinski definition) is 4. The number of fused-ring (bicyclic) bond motifs is 3.